The van der Waals surface area contributed by atoms with Crippen molar-refractivity contribution in [2.24, 2.45) is 24.1 Å². The monoisotopic (exact) mass is 503 g/mol. The van der Waals surface area contributed by atoms with Gasteiger partial charge >= 0.3 is 33.3 Å². The number of pyridine rings is 1. The van der Waals surface area contributed by atoms with Crippen LogP contribution >= 0.6 is 20.2 Å². The second kappa shape index (κ2) is 11.0. The van der Waals surface area contributed by atoms with Crippen LogP contribution in [0.5, 0.6) is 0 Å². The standard InChI is InChI=1S/C21H27N7.2ClH.Fe/c1-12(22-20-14(3)25-27(7)16(20)5)18-10-9-11-19(24-18)13(2)23-21-15(4)26-28(8)17(21)6;;;/h9-11H,1-8H3;2*1H;/q;;;+2/p-2. The Morgan fingerprint density at radius 2 is 1.16 bits per heavy atom. The summed E-state index contributed by atoms with van der Waals surface area (Å²) in [7, 11) is 13.4. The summed E-state index contributed by atoms with van der Waals surface area (Å²) in [4.78, 5) is 14.3. The number of rotatable bonds is 4. The number of nitrogens with zero attached hydrogens (tertiary/aromatic N) is 7. The molecule has 3 aromatic heterocycles. The van der Waals surface area contributed by atoms with Gasteiger partial charge in [0.2, 0.25) is 0 Å². The van der Waals surface area contributed by atoms with Gasteiger partial charge in [-0.1, -0.05) is 6.07 Å². The van der Waals surface area contributed by atoms with E-state index >= 15 is 0 Å². The van der Waals surface area contributed by atoms with Crippen LogP contribution in [0, 0.1) is 27.7 Å². The molecule has 3 aromatic rings. The molecule has 0 aliphatic carbocycles. The van der Waals surface area contributed by atoms with Gasteiger partial charge in [0.25, 0.3) is 0 Å². The molecule has 0 bridgehead atoms. The molecule has 0 radical (unpaired) electrons. The molecule has 0 spiro atoms. The first-order chi connectivity index (χ1) is 14.6. The van der Waals surface area contributed by atoms with Crippen LogP contribution in [0.1, 0.15) is 48.0 Å². The fourth-order valence-corrected chi connectivity index (χ4v) is 3.14. The summed E-state index contributed by atoms with van der Waals surface area (Å²) in [5, 5.41) is 8.86. The number of hydrogen-bond acceptors (Lipinski definition) is 5. The molecule has 0 aliphatic rings. The van der Waals surface area contributed by atoms with Crippen LogP contribution in [0.3, 0.4) is 0 Å². The van der Waals surface area contributed by atoms with Gasteiger partial charge in [-0.3, -0.25) is 9.36 Å². The maximum absolute atomic E-state index is 4.78. The summed E-state index contributed by atoms with van der Waals surface area (Å²) in [6.45, 7) is 11.9. The van der Waals surface area contributed by atoms with Gasteiger partial charge in [-0.15, -0.1) is 0 Å². The molecule has 3 rings (SSSR count). The average molecular weight is 504 g/mol. The molecule has 7 nitrogen and oxygen atoms in total. The summed E-state index contributed by atoms with van der Waals surface area (Å²) in [5.74, 6) is 0. The molecule has 0 saturated heterocycles. The van der Waals surface area contributed by atoms with Crippen LogP contribution < -0.4 is 0 Å². The topological polar surface area (TPSA) is 73.2 Å². The van der Waals surface area contributed by atoms with E-state index < -0.39 is 0 Å². The van der Waals surface area contributed by atoms with E-state index in [4.69, 9.17) is 35.2 Å². The molecule has 0 unspecified atom stereocenters. The first-order valence-electron chi connectivity index (χ1n) is 9.54. The normalized spacial score (nSPS) is 12.2. The first-order valence-corrected chi connectivity index (χ1v) is 12.6. The van der Waals surface area contributed by atoms with Crippen molar-refractivity contribution >= 4 is 43.0 Å². The zero-order chi connectivity index (χ0) is 23.3. The van der Waals surface area contributed by atoms with Gasteiger partial charge in [0.05, 0.1) is 45.6 Å². The minimum atomic E-state index is 0.194. The summed E-state index contributed by atoms with van der Waals surface area (Å²) in [6.07, 6.45) is 0. The van der Waals surface area contributed by atoms with Gasteiger partial charge in [-0.2, -0.15) is 10.2 Å². The van der Waals surface area contributed by atoms with Crippen molar-refractivity contribution in [1.82, 2.24) is 24.5 Å². The number of halogens is 2. The summed E-state index contributed by atoms with van der Waals surface area (Å²) in [5.41, 5.74) is 9.06. The van der Waals surface area contributed by atoms with Gasteiger partial charge in [0.1, 0.15) is 11.4 Å². The van der Waals surface area contributed by atoms with E-state index in [-0.39, 0.29) is 13.1 Å². The fraction of sp³-hybridized carbons (Fsp3) is 0.381. The zero-order valence-electron chi connectivity index (χ0n) is 19.0. The van der Waals surface area contributed by atoms with Crippen LogP contribution in [0.4, 0.5) is 11.4 Å². The van der Waals surface area contributed by atoms with Crippen molar-refractivity contribution in [3.8, 4) is 0 Å². The van der Waals surface area contributed by atoms with Crippen LogP contribution in [0.2, 0.25) is 0 Å². The molecule has 10 heteroatoms. The van der Waals surface area contributed by atoms with E-state index in [1.54, 1.807) is 0 Å². The van der Waals surface area contributed by atoms with Crippen LogP contribution in [0.15, 0.2) is 28.2 Å². The van der Waals surface area contributed by atoms with Gasteiger partial charge < -0.3 is 0 Å². The van der Waals surface area contributed by atoms with E-state index in [9.17, 15) is 0 Å². The molecule has 0 aromatic carbocycles. The molecule has 0 N–H and O–H groups in total. The van der Waals surface area contributed by atoms with Crippen LogP contribution in [-0.2, 0) is 27.2 Å². The van der Waals surface area contributed by atoms with E-state index in [2.05, 4.69) is 10.2 Å². The summed E-state index contributed by atoms with van der Waals surface area (Å²) < 4.78 is 3.70. The molecule has 3 heterocycles. The molecule has 0 aliphatic heterocycles. The number of aliphatic imine (C=N–C) groups is 2. The molecular formula is C21H27Cl2FeN7. The molecule has 0 amide bonds. The molecule has 31 heavy (non-hydrogen) atoms. The molecule has 168 valence electrons. The van der Waals surface area contributed by atoms with E-state index in [1.165, 1.54) is 0 Å². The van der Waals surface area contributed by atoms with Gasteiger partial charge in [0.15, 0.2) is 0 Å². The Kier molecular flexibility index (Phi) is 9.00. The zero-order valence-corrected chi connectivity index (χ0v) is 21.6. The quantitative estimate of drug-likeness (QED) is 0.351. The Bertz CT molecular complexity index is 1050. The van der Waals surface area contributed by atoms with Crippen molar-refractivity contribution in [3.63, 3.8) is 0 Å². The second-order valence-corrected chi connectivity index (χ2v) is 8.96. The summed E-state index contributed by atoms with van der Waals surface area (Å²) in [6, 6.07) is 5.93. The first kappa shape index (κ1) is 25.3. The third-order valence-electron chi connectivity index (χ3n) is 4.99. The van der Waals surface area contributed by atoms with Gasteiger partial charge in [-0.25, -0.2) is 15.0 Å². The molecule has 0 atom stereocenters. The predicted octanol–water partition coefficient (Wildman–Crippen LogP) is 5.44. The average Bonchev–Trinajstić information content (AvgIpc) is 3.11. The van der Waals surface area contributed by atoms with Gasteiger partial charge in [0, 0.05) is 14.1 Å². The Morgan fingerprint density at radius 3 is 1.45 bits per heavy atom. The Hall–Kier alpha value is -1.99. The van der Waals surface area contributed by atoms with Crippen molar-refractivity contribution in [3.05, 3.63) is 52.4 Å². The van der Waals surface area contributed by atoms with Crippen molar-refractivity contribution < 1.29 is 13.1 Å². The number of hydrogen-bond donors (Lipinski definition) is 0. The number of aromatic nitrogens is 5. The van der Waals surface area contributed by atoms with E-state index in [1.807, 2.05) is 83.2 Å². The van der Waals surface area contributed by atoms with E-state index in [0.29, 0.717) is 0 Å². The molecular weight excluding hydrogens is 477 g/mol. The SMILES string of the molecule is CC(=Nc1c(C)nn(C)c1C)c1cccc(C(C)=Nc2c(C)nn(C)c2C)n1.[Cl][Fe][Cl]. The fourth-order valence-electron chi connectivity index (χ4n) is 3.14. The molecule has 0 fully saturated rings. The summed E-state index contributed by atoms with van der Waals surface area (Å²) >= 11 is 0.194. The Morgan fingerprint density at radius 1 is 0.806 bits per heavy atom. The second-order valence-electron chi connectivity index (χ2n) is 7.14. The van der Waals surface area contributed by atoms with Gasteiger partial charge in [-0.05, 0) is 53.7 Å². The third-order valence-corrected chi connectivity index (χ3v) is 4.99. The van der Waals surface area contributed by atoms with Crippen molar-refractivity contribution in [2.75, 3.05) is 0 Å². The predicted molar refractivity (Wildman–Crippen MR) is 125 cm³/mol. The van der Waals surface area contributed by atoms with Crippen molar-refractivity contribution in [1.29, 1.82) is 0 Å². The maximum atomic E-state index is 4.78. The van der Waals surface area contributed by atoms with E-state index in [0.717, 1.165) is 57.0 Å². The minimum absolute atomic E-state index is 0.194. The molecule has 0 saturated carbocycles. The van der Waals surface area contributed by atoms with Crippen LogP contribution in [0.25, 0.3) is 0 Å². The van der Waals surface area contributed by atoms with Crippen molar-refractivity contribution in [2.45, 2.75) is 41.5 Å². The number of aryl methyl sites for hydroxylation is 4. The Balaban J connectivity index is 0.00000107. The third kappa shape index (κ3) is 6.04. The Labute approximate surface area is 198 Å². The van der Waals surface area contributed by atoms with Crippen LogP contribution in [-0.4, -0.2) is 36.0 Å².